The van der Waals surface area contributed by atoms with Crippen LogP contribution in [0.2, 0.25) is 0 Å². The monoisotopic (exact) mass is 654 g/mol. The lowest BCUT2D eigenvalue weighted by Gasteiger charge is -2.28. The third kappa shape index (κ3) is 6.43. The van der Waals surface area contributed by atoms with Gasteiger partial charge in [-0.15, -0.1) is 0 Å². The highest BCUT2D eigenvalue weighted by Crippen LogP contribution is 2.44. The predicted octanol–water partition coefficient (Wildman–Crippen LogP) is 6.51. The van der Waals surface area contributed by atoms with Crippen LogP contribution in [0.5, 0.6) is 11.5 Å². The predicted molar refractivity (Wildman–Crippen MR) is 134 cm³/mol. The zero-order valence-electron chi connectivity index (χ0n) is 16.9. The molecule has 0 aromatic heterocycles. The Bertz CT molecular complexity index is 754. The second-order valence-corrected chi connectivity index (χ2v) is 11.2. The molecule has 2 aromatic rings. The van der Waals surface area contributed by atoms with E-state index in [1.165, 1.54) is 0 Å². The van der Waals surface area contributed by atoms with Crippen molar-refractivity contribution in [2.24, 2.45) is 11.5 Å². The van der Waals surface area contributed by atoms with E-state index >= 15 is 0 Å². The Hall–Kier alpha value is -0.120. The molecule has 0 saturated carbocycles. The van der Waals surface area contributed by atoms with E-state index in [4.69, 9.17) is 20.9 Å². The number of benzene rings is 2. The minimum Gasteiger partial charge on any atom is -0.490 e. The summed E-state index contributed by atoms with van der Waals surface area (Å²) in [5, 5.41) is 0. The van der Waals surface area contributed by atoms with Crippen molar-refractivity contribution in [2.45, 2.75) is 45.2 Å². The molecular weight excluding hydrogens is 632 g/mol. The maximum absolute atomic E-state index is 5.84. The number of nitrogens with two attached hydrogens (primary N) is 2. The highest BCUT2D eigenvalue weighted by Gasteiger charge is 2.27. The van der Waals surface area contributed by atoms with Crippen LogP contribution in [0, 0.1) is 0 Å². The van der Waals surface area contributed by atoms with Crippen molar-refractivity contribution in [1.82, 2.24) is 0 Å². The van der Waals surface area contributed by atoms with Gasteiger partial charge in [0.25, 0.3) is 0 Å². The van der Waals surface area contributed by atoms with Gasteiger partial charge in [-0.1, -0.05) is 13.8 Å². The Kier molecular flexibility index (Phi) is 9.07. The number of halogens is 4. The first-order valence-electron chi connectivity index (χ1n) is 9.19. The summed E-state index contributed by atoms with van der Waals surface area (Å²) in [4.78, 5) is 0. The second-order valence-electron chi connectivity index (χ2n) is 7.74. The molecule has 2 atom stereocenters. The molecular formula is C21H26Br4N2O2. The summed E-state index contributed by atoms with van der Waals surface area (Å²) in [5.41, 5.74) is 13.6. The molecule has 0 aliphatic carbocycles. The van der Waals surface area contributed by atoms with Gasteiger partial charge in [0.05, 0.1) is 17.9 Å². The van der Waals surface area contributed by atoms with Crippen molar-refractivity contribution in [3.05, 3.63) is 53.3 Å². The molecule has 0 aliphatic rings. The minimum absolute atomic E-state index is 0.0393. The van der Waals surface area contributed by atoms with Gasteiger partial charge in [0.1, 0.15) is 24.7 Å². The van der Waals surface area contributed by atoms with E-state index in [2.05, 4.69) is 102 Å². The molecule has 4 N–H and O–H groups in total. The van der Waals surface area contributed by atoms with Crippen molar-refractivity contribution in [2.75, 3.05) is 13.2 Å². The van der Waals surface area contributed by atoms with E-state index in [0.29, 0.717) is 13.2 Å². The fourth-order valence-electron chi connectivity index (χ4n) is 2.71. The van der Waals surface area contributed by atoms with Gasteiger partial charge in [0.15, 0.2) is 0 Å². The summed E-state index contributed by atoms with van der Waals surface area (Å²) in [6.45, 7) is 9.08. The molecule has 4 nitrogen and oxygen atoms in total. The minimum atomic E-state index is -0.268. The van der Waals surface area contributed by atoms with Crippen molar-refractivity contribution >= 4 is 63.7 Å². The second kappa shape index (κ2) is 10.5. The third-order valence-electron chi connectivity index (χ3n) is 4.42. The molecule has 8 heteroatoms. The average Bonchev–Trinajstić information content (AvgIpc) is 2.59. The maximum atomic E-state index is 5.84. The maximum Gasteiger partial charge on any atom is 0.147 e. The SMILES string of the molecule is CC(N)COc1c(Br)cc(C(C)(C)c2cc(Br)c(OCC(C)N)c(Br)c2)cc1Br. The molecule has 2 rings (SSSR count). The number of rotatable bonds is 8. The van der Waals surface area contributed by atoms with Gasteiger partial charge in [0, 0.05) is 17.5 Å². The van der Waals surface area contributed by atoms with E-state index in [-0.39, 0.29) is 17.5 Å². The largest absolute Gasteiger partial charge is 0.490 e. The quantitative estimate of drug-likeness (QED) is 0.340. The fraction of sp³-hybridized carbons (Fsp3) is 0.429. The number of hydrogen-bond acceptors (Lipinski definition) is 4. The third-order valence-corrected chi connectivity index (χ3v) is 6.78. The molecule has 29 heavy (non-hydrogen) atoms. The van der Waals surface area contributed by atoms with Crippen molar-refractivity contribution in [1.29, 1.82) is 0 Å². The van der Waals surface area contributed by atoms with Gasteiger partial charge in [-0.3, -0.25) is 0 Å². The standard InChI is InChI=1S/C21H26Br4N2O2/c1-11(26)9-28-19-15(22)5-13(6-16(19)23)21(3,4)14-7-17(24)20(18(25)8-14)29-10-12(2)27/h5-8,11-12H,9-10,26-27H2,1-4H3. The molecule has 0 amide bonds. The Morgan fingerprint density at radius 2 is 1.00 bits per heavy atom. The highest BCUT2D eigenvalue weighted by atomic mass is 79.9. The highest BCUT2D eigenvalue weighted by molar-refractivity contribution is 9.11. The molecule has 0 radical (unpaired) electrons. The Morgan fingerprint density at radius 1 is 0.724 bits per heavy atom. The van der Waals surface area contributed by atoms with Crippen LogP contribution in [0.3, 0.4) is 0 Å². The molecule has 0 aliphatic heterocycles. The van der Waals surface area contributed by atoms with E-state index in [1.807, 2.05) is 13.8 Å². The Balaban J connectivity index is 2.39. The summed E-state index contributed by atoms with van der Waals surface area (Å²) >= 11 is 14.6. The van der Waals surface area contributed by atoms with Crippen LogP contribution < -0.4 is 20.9 Å². The Labute approximate surface area is 206 Å². The molecule has 0 fully saturated rings. The number of ether oxygens (including phenoxy) is 2. The first kappa shape index (κ1) is 25.1. The van der Waals surface area contributed by atoms with Crippen molar-refractivity contribution in [3.63, 3.8) is 0 Å². The van der Waals surface area contributed by atoms with Gasteiger partial charge < -0.3 is 20.9 Å². The summed E-state index contributed by atoms with van der Waals surface area (Å²) in [5.74, 6) is 1.51. The summed E-state index contributed by atoms with van der Waals surface area (Å²) in [7, 11) is 0. The molecule has 0 bridgehead atoms. The zero-order valence-corrected chi connectivity index (χ0v) is 23.2. The van der Waals surface area contributed by atoms with Gasteiger partial charge in [0.2, 0.25) is 0 Å². The number of hydrogen-bond donors (Lipinski definition) is 2. The van der Waals surface area contributed by atoms with Gasteiger partial charge in [-0.05, 0) is 113 Å². The Morgan fingerprint density at radius 3 is 1.24 bits per heavy atom. The van der Waals surface area contributed by atoms with Crippen LogP contribution in [0.4, 0.5) is 0 Å². The van der Waals surface area contributed by atoms with Crippen LogP contribution in [0.25, 0.3) is 0 Å². The summed E-state index contributed by atoms with van der Waals surface area (Å²) in [6.07, 6.45) is 0. The van der Waals surface area contributed by atoms with Gasteiger partial charge in [-0.25, -0.2) is 0 Å². The first-order valence-corrected chi connectivity index (χ1v) is 12.4. The lowest BCUT2D eigenvalue weighted by atomic mass is 9.78. The van der Waals surface area contributed by atoms with Crippen LogP contribution in [0.15, 0.2) is 42.2 Å². The fourth-order valence-corrected chi connectivity index (χ4v) is 5.54. The molecule has 0 spiro atoms. The molecule has 2 aromatic carbocycles. The van der Waals surface area contributed by atoms with Crippen LogP contribution in [0.1, 0.15) is 38.8 Å². The molecule has 0 saturated heterocycles. The van der Waals surface area contributed by atoms with Gasteiger partial charge >= 0.3 is 0 Å². The summed E-state index contributed by atoms with van der Waals surface area (Å²) < 4.78 is 15.2. The van der Waals surface area contributed by atoms with E-state index in [9.17, 15) is 0 Å². The van der Waals surface area contributed by atoms with Crippen LogP contribution in [-0.2, 0) is 5.41 Å². The van der Waals surface area contributed by atoms with Crippen molar-refractivity contribution in [3.8, 4) is 11.5 Å². The van der Waals surface area contributed by atoms with E-state index < -0.39 is 0 Å². The van der Waals surface area contributed by atoms with Crippen molar-refractivity contribution < 1.29 is 9.47 Å². The molecule has 2 unspecified atom stereocenters. The van der Waals surface area contributed by atoms with Gasteiger partial charge in [-0.2, -0.15) is 0 Å². The topological polar surface area (TPSA) is 70.5 Å². The van der Waals surface area contributed by atoms with Crippen LogP contribution >= 0.6 is 63.7 Å². The molecule has 160 valence electrons. The molecule has 0 heterocycles. The zero-order chi connectivity index (χ0) is 21.9. The normalized spacial score (nSPS) is 13.9. The smallest absolute Gasteiger partial charge is 0.147 e. The lowest BCUT2D eigenvalue weighted by Crippen LogP contribution is -2.24. The lowest BCUT2D eigenvalue weighted by molar-refractivity contribution is 0.292. The average molecular weight is 658 g/mol. The van der Waals surface area contributed by atoms with Crippen LogP contribution in [-0.4, -0.2) is 25.3 Å². The van der Waals surface area contributed by atoms with E-state index in [0.717, 1.165) is 40.5 Å². The summed E-state index contributed by atoms with van der Waals surface area (Å²) in [6, 6.07) is 8.27. The first-order chi connectivity index (χ1) is 13.4. The van der Waals surface area contributed by atoms with E-state index in [1.54, 1.807) is 0 Å².